The van der Waals surface area contributed by atoms with Gasteiger partial charge in [-0.1, -0.05) is 6.92 Å². The van der Waals surface area contributed by atoms with Crippen LogP contribution in [0.3, 0.4) is 0 Å². The van der Waals surface area contributed by atoms with Crippen LogP contribution in [-0.2, 0) is 9.53 Å². The van der Waals surface area contributed by atoms with Gasteiger partial charge >= 0.3 is 5.97 Å². The lowest BCUT2D eigenvalue weighted by Gasteiger charge is -2.42. The van der Waals surface area contributed by atoms with Crippen molar-refractivity contribution < 1.29 is 23.8 Å². The Morgan fingerprint density at radius 3 is 2.43 bits per heavy atom. The van der Waals surface area contributed by atoms with E-state index in [2.05, 4.69) is 6.92 Å². The molecule has 0 radical (unpaired) electrons. The van der Waals surface area contributed by atoms with Gasteiger partial charge in [0.2, 0.25) is 0 Å². The molecule has 0 aromatic heterocycles. The van der Waals surface area contributed by atoms with Crippen molar-refractivity contribution in [2.75, 3.05) is 6.61 Å². The molecule has 5 nitrogen and oxygen atoms in total. The minimum absolute atomic E-state index is 0.00332. The second kappa shape index (κ2) is 5.92. The monoisotopic (exact) mass is 321 g/mol. The topological polar surface area (TPSA) is 66.8 Å². The maximum absolute atomic E-state index is 13.1. The number of hydrogen-bond acceptors (Lipinski definition) is 3. The van der Waals surface area contributed by atoms with Gasteiger partial charge in [0.05, 0.1) is 6.61 Å². The van der Waals surface area contributed by atoms with Crippen molar-refractivity contribution in [2.24, 2.45) is 5.92 Å². The standard InChI is InChI=1S/C17H20FNO4/c1-11-6-8-17(9-7-11)19(14(10-23-17)16(21)22)15(20)12-2-4-13(18)5-3-12/h2-5,11,14H,6-10H2,1H3,(H,21,22)/t11?,14-,17?/m1/s1. The number of hydrogen-bond donors (Lipinski definition) is 1. The third-order valence-corrected chi connectivity index (χ3v) is 4.91. The fourth-order valence-electron chi connectivity index (χ4n) is 3.50. The Kier molecular flexibility index (Phi) is 4.10. The number of rotatable bonds is 2. The molecule has 0 unspecified atom stereocenters. The van der Waals surface area contributed by atoms with Crippen LogP contribution in [-0.4, -0.2) is 40.3 Å². The third kappa shape index (κ3) is 2.83. The smallest absolute Gasteiger partial charge is 0.328 e. The molecule has 3 rings (SSSR count). The Morgan fingerprint density at radius 2 is 1.87 bits per heavy atom. The van der Waals surface area contributed by atoms with Crippen molar-refractivity contribution in [3.05, 3.63) is 35.6 Å². The maximum atomic E-state index is 13.1. The summed E-state index contributed by atoms with van der Waals surface area (Å²) >= 11 is 0. The first-order valence-corrected chi connectivity index (χ1v) is 7.89. The lowest BCUT2D eigenvalue weighted by Crippen LogP contribution is -2.55. The van der Waals surface area contributed by atoms with Gasteiger partial charge in [-0.25, -0.2) is 9.18 Å². The Hall–Kier alpha value is -1.95. The summed E-state index contributed by atoms with van der Waals surface area (Å²) in [4.78, 5) is 25.8. The van der Waals surface area contributed by atoms with Crippen LogP contribution in [0, 0.1) is 11.7 Å². The number of carboxylic acid groups (broad SMARTS) is 1. The number of nitrogens with zero attached hydrogens (tertiary/aromatic N) is 1. The Balaban J connectivity index is 1.94. The highest BCUT2D eigenvalue weighted by Crippen LogP contribution is 2.43. The van der Waals surface area contributed by atoms with Gasteiger partial charge in [0.25, 0.3) is 5.91 Å². The van der Waals surface area contributed by atoms with E-state index in [0.717, 1.165) is 12.8 Å². The molecular formula is C17H20FNO4. The number of amides is 1. The summed E-state index contributed by atoms with van der Waals surface area (Å²) in [7, 11) is 0. The number of benzene rings is 1. The van der Waals surface area contributed by atoms with Crippen LogP contribution in [0.1, 0.15) is 43.0 Å². The highest BCUT2D eigenvalue weighted by Gasteiger charge is 2.53. The van der Waals surface area contributed by atoms with E-state index in [1.54, 1.807) is 0 Å². The number of carbonyl (C=O) groups excluding carboxylic acids is 1. The van der Waals surface area contributed by atoms with E-state index in [0.29, 0.717) is 18.8 Å². The molecule has 1 N–H and O–H groups in total. The zero-order chi connectivity index (χ0) is 16.6. The van der Waals surface area contributed by atoms with Gasteiger partial charge in [-0.3, -0.25) is 9.69 Å². The molecule has 1 heterocycles. The molecule has 2 fully saturated rings. The first-order valence-electron chi connectivity index (χ1n) is 7.89. The molecular weight excluding hydrogens is 301 g/mol. The van der Waals surface area contributed by atoms with Crippen LogP contribution in [0.5, 0.6) is 0 Å². The lowest BCUT2D eigenvalue weighted by molar-refractivity contribution is -0.143. The summed E-state index contributed by atoms with van der Waals surface area (Å²) in [6, 6.07) is 4.17. The predicted octanol–water partition coefficient (Wildman–Crippen LogP) is 2.66. The summed E-state index contributed by atoms with van der Waals surface area (Å²) in [6.07, 6.45) is 3.04. The van der Waals surface area contributed by atoms with E-state index in [1.807, 2.05) is 0 Å². The average molecular weight is 321 g/mol. The fourth-order valence-corrected chi connectivity index (χ4v) is 3.50. The van der Waals surface area contributed by atoms with Crippen molar-refractivity contribution >= 4 is 11.9 Å². The zero-order valence-corrected chi connectivity index (χ0v) is 13.0. The molecule has 1 aliphatic heterocycles. The number of halogens is 1. The van der Waals surface area contributed by atoms with Gasteiger partial charge < -0.3 is 9.84 Å². The van der Waals surface area contributed by atoms with Gasteiger partial charge in [0, 0.05) is 5.56 Å². The first-order chi connectivity index (χ1) is 10.9. The lowest BCUT2D eigenvalue weighted by atomic mass is 9.83. The van der Waals surface area contributed by atoms with Gasteiger partial charge in [-0.15, -0.1) is 0 Å². The van der Waals surface area contributed by atoms with Crippen molar-refractivity contribution in [2.45, 2.75) is 44.4 Å². The number of aliphatic carboxylic acids is 1. The molecule has 1 aliphatic carbocycles. The molecule has 1 spiro atoms. The van der Waals surface area contributed by atoms with E-state index in [9.17, 15) is 19.1 Å². The minimum Gasteiger partial charge on any atom is -0.480 e. The molecule has 1 saturated heterocycles. The van der Waals surface area contributed by atoms with Crippen molar-refractivity contribution in [1.82, 2.24) is 4.90 Å². The largest absolute Gasteiger partial charge is 0.480 e. The second-order valence-corrected chi connectivity index (χ2v) is 6.48. The molecule has 23 heavy (non-hydrogen) atoms. The summed E-state index contributed by atoms with van der Waals surface area (Å²) in [5, 5.41) is 9.46. The van der Waals surface area contributed by atoms with E-state index in [-0.39, 0.29) is 12.2 Å². The van der Waals surface area contributed by atoms with E-state index >= 15 is 0 Å². The fraction of sp³-hybridized carbons (Fsp3) is 0.529. The molecule has 6 heteroatoms. The maximum Gasteiger partial charge on any atom is 0.328 e. The zero-order valence-electron chi connectivity index (χ0n) is 13.0. The van der Waals surface area contributed by atoms with Gasteiger partial charge in [-0.05, 0) is 55.9 Å². The van der Waals surface area contributed by atoms with Crippen LogP contribution < -0.4 is 0 Å². The summed E-state index contributed by atoms with van der Waals surface area (Å²) < 4.78 is 18.9. The van der Waals surface area contributed by atoms with Crippen LogP contribution in [0.2, 0.25) is 0 Å². The van der Waals surface area contributed by atoms with E-state index in [1.165, 1.54) is 29.2 Å². The summed E-state index contributed by atoms with van der Waals surface area (Å²) in [5.74, 6) is -1.38. The third-order valence-electron chi connectivity index (χ3n) is 4.91. The minimum atomic E-state index is -1.07. The van der Waals surface area contributed by atoms with Crippen molar-refractivity contribution in [3.8, 4) is 0 Å². The molecule has 124 valence electrons. The SMILES string of the molecule is CC1CCC2(CC1)OC[C@H](C(=O)O)N2C(=O)c1ccc(F)cc1. The first kappa shape index (κ1) is 15.9. The predicted molar refractivity (Wildman–Crippen MR) is 80.3 cm³/mol. The highest BCUT2D eigenvalue weighted by molar-refractivity contribution is 5.97. The normalized spacial score (nSPS) is 30.6. The Bertz CT molecular complexity index is 608. The molecule has 2 aliphatic rings. The summed E-state index contributed by atoms with van der Waals surface area (Å²) in [5.41, 5.74) is -0.567. The summed E-state index contributed by atoms with van der Waals surface area (Å²) in [6.45, 7) is 2.14. The average Bonchev–Trinajstić information content (AvgIpc) is 2.90. The quantitative estimate of drug-likeness (QED) is 0.909. The van der Waals surface area contributed by atoms with Gasteiger partial charge in [0.15, 0.2) is 6.04 Å². The van der Waals surface area contributed by atoms with Crippen LogP contribution in [0.25, 0.3) is 0 Å². The van der Waals surface area contributed by atoms with Crippen LogP contribution in [0.4, 0.5) is 4.39 Å². The Morgan fingerprint density at radius 1 is 1.26 bits per heavy atom. The van der Waals surface area contributed by atoms with Gasteiger partial charge in [0.1, 0.15) is 11.5 Å². The number of ether oxygens (including phenoxy) is 1. The van der Waals surface area contributed by atoms with E-state index in [4.69, 9.17) is 4.74 Å². The molecule has 1 amide bonds. The van der Waals surface area contributed by atoms with Crippen molar-refractivity contribution in [1.29, 1.82) is 0 Å². The molecule has 1 atom stereocenters. The van der Waals surface area contributed by atoms with Crippen LogP contribution in [0.15, 0.2) is 24.3 Å². The van der Waals surface area contributed by atoms with Crippen molar-refractivity contribution in [3.63, 3.8) is 0 Å². The van der Waals surface area contributed by atoms with Crippen LogP contribution >= 0.6 is 0 Å². The molecule has 1 aromatic rings. The highest BCUT2D eigenvalue weighted by atomic mass is 19.1. The number of carbonyl (C=O) groups is 2. The van der Waals surface area contributed by atoms with Gasteiger partial charge in [-0.2, -0.15) is 0 Å². The molecule has 1 aromatic carbocycles. The van der Waals surface area contributed by atoms with E-state index < -0.39 is 29.5 Å². The molecule has 0 bridgehead atoms. The number of carboxylic acids is 1. The Labute approximate surface area is 134 Å². The molecule has 1 saturated carbocycles. The second-order valence-electron chi connectivity index (χ2n) is 6.48.